The van der Waals surface area contributed by atoms with Crippen LogP contribution >= 0.6 is 0 Å². The summed E-state index contributed by atoms with van der Waals surface area (Å²) in [6.45, 7) is 7.40. The van der Waals surface area contributed by atoms with Crippen LogP contribution in [0, 0.1) is 6.92 Å². The van der Waals surface area contributed by atoms with Gasteiger partial charge in [-0.3, -0.25) is 4.79 Å². The van der Waals surface area contributed by atoms with Gasteiger partial charge in [-0.15, -0.1) is 0 Å². The minimum absolute atomic E-state index is 0.0288. The van der Waals surface area contributed by atoms with Crippen molar-refractivity contribution in [1.82, 2.24) is 5.32 Å². The second-order valence-electron chi connectivity index (χ2n) is 3.35. The van der Waals surface area contributed by atoms with Crippen molar-refractivity contribution >= 4 is 5.91 Å². The molecule has 0 aliphatic heterocycles. The molecule has 0 aromatic heterocycles. The van der Waals surface area contributed by atoms with Crippen LogP contribution in [0.4, 0.5) is 0 Å². The average molecular weight is 189 g/mol. The number of amides is 1. The third-order valence-corrected chi connectivity index (χ3v) is 2.12. The highest BCUT2D eigenvalue weighted by atomic mass is 16.1. The molecule has 1 N–H and O–H groups in total. The zero-order valence-electron chi connectivity index (χ0n) is 8.58. The summed E-state index contributed by atoms with van der Waals surface area (Å²) in [4.78, 5) is 11.0. The first kappa shape index (κ1) is 10.5. The molecule has 1 unspecified atom stereocenters. The summed E-state index contributed by atoms with van der Waals surface area (Å²) in [6.07, 6.45) is 1.28. The molecule has 0 spiro atoms. The third-order valence-electron chi connectivity index (χ3n) is 2.12. The number of hydrogen-bond acceptors (Lipinski definition) is 1. The smallest absolute Gasteiger partial charge is 0.243 e. The van der Waals surface area contributed by atoms with E-state index in [0.29, 0.717) is 0 Å². The highest BCUT2D eigenvalue weighted by Crippen LogP contribution is 2.12. The summed E-state index contributed by atoms with van der Waals surface area (Å²) in [7, 11) is 0. The molecular weight excluding hydrogens is 174 g/mol. The van der Waals surface area contributed by atoms with E-state index in [0.717, 1.165) is 5.56 Å². The maximum Gasteiger partial charge on any atom is 0.243 e. The number of rotatable bonds is 3. The zero-order chi connectivity index (χ0) is 10.6. The lowest BCUT2D eigenvalue weighted by atomic mass is 10.1. The molecular formula is C12H15NO. The normalized spacial score (nSPS) is 11.9. The van der Waals surface area contributed by atoms with E-state index < -0.39 is 0 Å². The molecule has 0 aliphatic rings. The Balaban J connectivity index is 2.69. The molecule has 2 nitrogen and oxygen atoms in total. The van der Waals surface area contributed by atoms with Gasteiger partial charge in [-0.1, -0.05) is 36.4 Å². The van der Waals surface area contributed by atoms with Crippen LogP contribution in [0.3, 0.4) is 0 Å². The van der Waals surface area contributed by atoms with E-state index in [-0.39, 0.29) is 11.9 Å². The van der Waals surface area contributed by atoms with Crippen LogP contribution in [-0.2, 0) is 4.79 Å². The van der Waals surface area contributed by atoms with Gasteiger partial charge in [0, 0.05) is 0 Å². The molecule has 0 aliphatic carbocycles. The van der Waals surface area contributed by atoms with E-state index in [2.05, 4.69) is 11.9 Å². The van der Waals surface area contributed by atoms with Crippen molar-refractivity contribution in [2.45, 2.75) is 19.9 Å². The Morgan fingerprint density at radius 1 is 1.43 bits per heavy atom. The fourth-order valence-corrected chi connectivity index (χ4v) is 1.21. The van der Waals surface area contributed by atoms with Gasteiger partial charge >= 0.3 is 0 Å². The van der Waals surface area contributed by atoms with Crippen LogP contribution in [0.5, 0.6) is 0 Å². The topological polar surface area (TPSA) is 29.1 Å². The molecule has 0 heterocycles. The first-order valence-electron chi connectivity index (χ1n) is 4.63. The Hall–Kier alpha value is -1.57. The predicted molar refractivity (Wildman–Crippen MR) is 57.9 cm³/mol. The van der Waals surface area contributed by atoms with E-state index >= 15 is 0 Å². The quantitative estimate of drug-likeness (QED) is 0.726. The maximum atomic E-state index is 11.0. The summed E-state index contributed by atoms with van der Waals surface area (Å²) in [5.74, 6) is -0.141. The second-order valence-corrected chi connectivity index (χ2v) is 3.35. The molecule has 14 heavy (non-hydrogen) atoms. The van der Waals surface area contributed by atoms with Gasteiger partial charge < -0.3 is 5.32 Å². The van der Waals surface area contributed by atoms with Crippen molar-refractivity contribution in [2.75, 3.05) is 0 Å². The van der Waals surface area contributed by atoms with E-state index in [4.69, 9.17) is 0 Å². The number of hydrogen-bond donors (Lipinski definition) is 1. The molecule has 1 aromatic rings. The summed E-state index contributed by atoms with van der Waals surface area (Å²) in [5.41, 5.74) is 2.32. The van der Waals surface area contributed by atoms with Crippen LogP contribution in [0.15, 0.2) is 36.9 Å². The van der Waals surface area contributed by atoms with Crippen LogP contribution in [-0.4, -0.2) is 5.91 Å². The predicted octanol–water partition coefficient (Wildman–Crippen LogP) is 2.36. The van der Waals surface area contributed by atoms with Crippen LogP contribution in [0.1, 0.15) is 24.1 Å². The lowest BCUT2D eigenvalue weighted by molar-refractivity contribution is -0.117. The second kappa shape index (κ2) is 4.61. The molecule has 1 amide bonds. The molecule has 0 saturated carbocycles. The lowest BCUT2D eigenvalue weighted by Gasteiger charge is -2.12. The van der Waals surface area contributed by atoms with Crippen molar-refractivity contribution < 1.29 is 4.79 Å². The molecule has 1 aromatic carbocycles. The van der Waals surface area contributed by atoms with Gasteiger partial charge in [0.05, 0.1) is 6.04 Å². The molecule has 0 fully saturated rings. The van der Waals surface area contributed by atoms with Gasteiger partial charge in [0.2, 0.25) is 5.91 Å². The first-order valence-corrected chi connectivity index (χ1v) is 4.63. The Morgan fingerprint density at radius 3 is 2.50 bits per heavy atom. The highest BCUT2D eigenvalue weighted by Gasteiger charge is 2.05. The number of benzene rings is 1. The van der Waals surface area contributed by atoms with E-state index in [9.17, 15) is 4.79 Å². The molecule has 0 radical (unpaired) electrons. The Kier molecular flexibility index (Phi) is 3.46. The van der Waals surface area contributed by atoms with Crippen LogP contribution < -0.4 is 5.32 Å². The van der Waals surface area contributed by atoms with Gasteiger partial charge in [-0.05, 0) is 25.5 Å². The molecule has 1 atom stereocenters. The third kappa shape index (κ3) is 2.73. The summed E-state index contributed by atoms with van der Waals surface area (Å²) < 4.78 is 0. The zero-order valence-corrected chi connectivity index (χ0v) is 8.58. The van der Waals surface area contributed by atoms with Gasteiger partial charge in [0.1, 0.15) is 0 Å². The number of carbonyl (C=O) groups excluding carboxylic acids is 1. The molecule has 2 heteroatoms. The minimum atomic E-state index is -0.141. The Morgan fingerprint density at radius 2 is 2.00 bits per heavy atom. The van der Waals surface area contributed by atoms with Gasteiger partial charge in [-0.2, -0.15) is 0 Å². The largest absolute Gasteiger partial charge is 0.346 e. The summed E-state index contributed by atoms with van der Waals surface area (Å²) in [6, 6.07) is 8.13. The fraction of sp³-hybridized carbons (Fsp3) is 0.250. The lowest BCUT2D eigenvalue weighted by Crippen LogP contribution is -2.24. The van der Waals surface area contributed by atoms with Crippen LogP contribution in [0.2, 0.25) is 0 Å². The van der Waals surface area contributed by atoms with Gasteiger partial charge in [-0.25, -0.2) is 0 Å². The molecule has 1 rings (SSSR count). The SMILES string of the molecule is C=CC(=O)NC(C)c1ccc(C)cc1. The van der Waals surface area contributed by atoms with Crippen molar-refractivity contribution in [3.05, 3.63) is 48.0 Å². The average Bonchev–Trinajstić information content (AvgIpc) is 2.18. The van der Waals surface area contributed by atoms with Crippen molar-refractivity contribution in [3.63, 3.8) is 0 Å². The summed E-state index contributed by atoms with van der Waals surface area (Å²) >= 11 is 0. The van der Waals surface area contributed by atoms with Crippen LogP contribution in [0.25, 0.3) is 0 Å². The van der Waals surface area contributed by atoms with Crippen molar-refractivity contribution in [3.8, 4) is 0 Å². The number of aryl methyl sites for hydroxylation is 1. The molecule has 74 valence electrons. The van der Waals surface area contributed by atoms with E-state index in [1.807, 2.05) is 38.1 Å². The molecule has 0 saturated heterocycles. The van der Waals surface area contributed by atoms with Gasteiger partial charge in [0.25, 0.3) is 0 Å². The van der Waals surface area contributed by atoms with Crippen molar-refractivity contribution in [1.29, 1.82) is 0 Å². The van der Waals surface area contributed by atoms with E-state index in [1.54, 1.807) is 0 Å². The molecule has 0 bridgehead atoms. The number of nitrogens with one attached hydrogen (secondary N) is 1. The highest BCUT2D eigenvalue weighted by molar-refractivity contribution is 5.87. The Labute approximate surface area is 84.6 Å². The fourth-order valence-electron chi connectivity index (χ4n) is 1.21. The Bertz CT molecular complexity index is 327. The summed E-state index contributed by atoms with van der Waals surface area (Å²) in [5, 5.41) is 2.81. The minimum Gasteiger partial charge on any atom is -0.346 e. The monoisotopic (exact) mass is 189 g/mol. The maximum absolute atomic E-state index is 11.0. The van der Waals surface area contributed by atoms with Crippen molar-refractivity contribution in [2.24, 2.45) is 0 Å². The standard InChI is InChI=1S/C12H15NO/c1-4-12(14)13-10(3)11-7-5-9(2)6-8-11/h4-8,10H,1H2,2-3H3,(H,13,14). The first-order chi connectivity index (χ1) is 6.63. The number of carbonyl (C=O) groups is 1. The van der Waals surface area contributed by atoms with E-state index in [1.165, 1.54) is 11.6 Å². The van der Waals surface area contributed by atoms with Gasteiger partial charge in [0.15, 0.2) is 0 Å².